The van der Waals surface area contributed by atoms with Crippen molar-refractivity contribution in [3.05, 3.63) is 93.4 Å². The van der Waals surface area contributed by atoms with Crippen LogP contribution in [-0.2, 0) is 11.3 Å². The largest absolute Gasteiger partial charge is 0.329 e. The van der Waals surface area contributed by atoms with Crippen LogP contribution >= 0.6 is 0 Å². The minimum atomic E-state index is -0.659. The number of amides is 3. The first-order valence-corrected chi connectivity index (χ1v) is 7.95. The molecule has 0 bridgehead atoms. The van der Waals surface area contributed by atoms with Gasteiger partial charge in [-0.1, -0.05) is 36.4 Å². The van der Waals surface area contributed by atoms with Crippen molar-refractivity contribution in [1.29, 1.82) is 0 Å². The van der Waals surface area contributed by atoms with E-state index >= 15 is 0 Å². The molecule has 2 aromatic carbocycles. The maximum absolute atomic E-state index is 13.7. The van der Waals surface area contributed by atoms with Crippen molar-refractivity contribution in [2.75, 3.05) is 0 Å². The number of para-hydroxylation sites is 1. The molecule has 8 heteroatoms. The van der Waals surface area contributed by atoms with Crippen LogP contribution in [0.15, 0.2) is 66.4 Å². The Kier molecular flexibility index (Phi) is 5.07. The molecule has 1 aliphatic rings. The van der Waals surface area contributed by atoms with E-state index in [0.29, 0.717) is 5.56 Å². The van der Waals surface area contributed by atoms with E-state index in [2.05, 4.69) is 5.32 Å². The van der Waals surface area contributed by atoms with Crippen LogP contribution in [0.2, 0.25) is 0 Å². The van der Waals surface area contributed by atoms with Gasteiger partial charge in [0.25, 0.3) is 11.6 Å². The summed E-state index contributed by atoms with van der Waals surface area (Å²) in [4.78, 5) is 35.7. The third kappa shape index (κ3) is 3.90. The van der Waals surface area contributed by atoms with Crippen LogP contribution in [0.5, 0.6) is 0 Å². The summed E-state index contributed by atoms with van der Waals surface area (Å²) in [5.74, 6) is -1.11. The third-order valence-electron chi connectivity index (χ3n) is 3.92. The van der Waals surface area contributed by atoms with Gasteiger partial charge in [-0.15, -0.1) is 0 Å². The molecule has 7 nitrogen and oxygen atoms in total. The lowest BCUT2D eigenvalue weighted by molar-refractivity contribution is -0.385. The van der Waals surface area contributed by atoms with Gasteiger partial charge in [-0.05, 0) is 24.3 Å². The highest BCUT2D eigenvalue weighted by Crippen LogP contribution is 2.20. The number of imide groups is 1. The highest BCUT2D eigenvalue weighted by molar-refractivity contribution is 6.11. The molecule has 2 aromatic rings. The minimum absolute atomic E-state index is 0.00572. The van der Waals surface area contributed by atoms with Gasteiger partial charge in [0.1, 0.15) is 11.5 Å². The normalized spacial score (nSPS) is 15.6. The summed E-state index contributed by atoms with van der Waals surface area (Å²) in [5.41, 5.74) is 0.512. The molecule has 1 aliphatic heterocycles. The Morgan fingerprint density at radius 2 is 1.81 bits per heavy atom. The van der Waals surface area contributed by atoms with E-state index in [4.69, 9.17) is 0 Å². The lowest BCUT2D eigenvalue weighted by Crippen LogP contribution is -2.30. The van der Waals surface area contributed by atoms with Crippen molar-refractivity contribution in [2.45, 2.75) is 6.54 Å². The molecular formula is C19H14FN3O4. The number of carbonyl (C=O) groups excluding carboxylic acids is 2. The first kappa shape index (κ1) is 18.0. The Balaban J connectivity index is 1.77. The Labute approximate surface area is 153 Å². The van der Waals surface area contributed by atoms with Gasteiger partial charge in [-0.3, -0.25) is 19.8 Å². The number of nitro groups is 1. The van der Waals surface area contributed by atoms with Crippen molar-refractivity contribution >= 4 is 23.7 Å². The maximum Gasteiger partial charge on any atom is 0.329 e. The second kappa shape index (κ2) is 7.61. The number of hydrogen-bond acceptors (Lipinski definition) is 4. The van der Waals surface area contributed by atoms with Gasteiger partial charge in [0.2, 0.25) is 0 Å². The van der Waals surface area contributed by atoms with Crippen molar-refractivity contribution in [3.63, 3.8) is 0 Å². The second-order valence-corrected chi connectivity index (χ2v) is 5.67. The van der Waals surface area contributed by atoms with Gasteiger partial charge in [0.15, 0.2) is 0 Å². The van der Waals surface area contributed by atoms with Gasteiger partial charge in [0.05, 0.1) is 17.0 Å². The first-order valence-electron chi connectivity index (χ1n) is 7.95. The van der Waals surface area contributed by atoms with Gasteiger partial charge < -0.3 is 5.32 Å². The predicted octanol–water partition coefficient (Wildman–Crippen LogP) is 3.38. The van der Waals surface area contributed by atoms with E-state index in [0.717, 1.165) is 4.90 Å². The van der Waals surface area contributed by atoms with E-state index in [1.54, 1.807) is 24.3 Å². The number of rotatable bonds is 5. The maximum atomic E-state index is 13.7. The molecule has 3 amide bonds. The van der Waals surface area contributed by atoms with Gasteiger partial charge in [-0.25, -0.2) is 9.18 Å². The number of benzene rings is 2. The summed E-state index contributed by atoms with van der Waals surface area (Å²) in [6.45, 7) is -0.192. The fourth-order valence-electron chi connectivity index (χ4n) is 2.57. The molecule has 27 heavy (non-hydrogen) atoms. The van der Waals surface area contributed by atoms with Crippen LogP contribution in [0.3, 0.4) is 0 Å². The number of halogens is 1. The number of hydrogen-bond donors (Lipinski definition) is 1. The molecule has 1 saturated heterocycles. The van der Waals surface area contributed by atoms with Crippen molar-refractivity contribution in [1.82, 2.24) is 10.2 Å². The van der Waals surface area contributed by atoms with Crippen LogP contribution in [0.1, 0.15) is 11.1 Å². The fourth-order valence-corrected chi connectivity index (χ4v) is 2.57. The third-order valence-corrected chi connectivity index (χ3v) is 3.92. The van der Waals surface area contributed by atoms with Gasteiger partial charge in [-0.2, -0.15) is 0 Å². The van der Waals surface area contributed by atoms with Crippen molar-refractivity contribution in [2.24, 2.45) is 0 Å². The fraction of sp³-hybridized carbons (Fsp3) is 0.0526. The molecule has 0 radical (unpaired) electrons. The number of nitro benzene ring substituents is 1. The van der Waals surface area contributed by atoms with E-state index in [9.17, 15) is 24.1 Å². The zero-order valence-electron chi connectivity index (χ0n) is 14.0. The molecular weight excluding hydrogens is 353 g/mol. The summed E-state index contributed by atoms with van der Waals surface area (Å²) >= 11 is 0. The van der Waals surface area contributed by atoms with Crippen molar-refractivity contribution < 1.29 is 18.9 Å². The molecule has 0 aromatic heterocycles. The lowest BCUT2D eigenvalue weighted by atomic mass is 10.1. The summed E-state index contributed by atoms with van der Waals surface area (Å²) in [6, 6.07) is 11.3. The topological polar surface area (TPSA) is 92.5 Å². The summed E-state index contributed by atoms with van der Waals surface area (Å²) in [5, 5.41) is 13.4. The molecule has 1 fully saturated rings. The number of nitrogens with zero attached hydrogens (tertiary/aromatic N) is 2. The van der Waals surface area contributed by atoms with Crippen LogP contribution in [0.25, 0.3) is 6.08 Å². The smallest absolute Gasteiger partial charge is 0.303 e. The van der Waals surface area contributed by atoms with E-state index in [1.165, 1.54) is 42.5 Å². The SMILES string of the molecule is O=C1N/C(=C/C=C/c2ccccc2[N+](=O)[O-])C(=O)N1Cc1ccccc1F. The Bertz CT molecular complexity index is 984. The summed E-state index contributed by atoms with van der Waals surface area (Å²) in [6.07, 6.45) is 4.24. The molecule has 136 valence electrons. The van der Waals surface area contributed by atoms with E-state index in [-0.39, 0.29) is 23.5 Å². The van der Waals surface area contributed by atoms with Crippen LogP contribution in [0.4, 0.5) is 14.9 Å². The lowest BCUT2D eigenvalue weighted by Gasteiger charge is -2.12. The first-order chi connectivity index (χ1) is 13.0. The average Bonchev–Trinajstić information content (AvgIpc) is 2.91. The van der Waals surface area contributed by atoms with Gasteiger partial charge in [0, 0.05) is 11.6 Å². The molecule has 0 aliphatic carbocycles. The zero-order valence-corrected chi connectivity index (χ0v) is 14.0. The predicted molar refractivity (Wildman–Crippen MR) is 95.7 cm³/mol. The summed E-state index contributed by atoms with van der Waals surface area (Å²) in [7, 11) is 0. The quantitative estimate of drug-likeness (QED) is 0.379. The number of carbonyl (C=O) groups is 2. The molecule has 0 unspecified atom stereocenters. The molecule has 1 N–H and O–H groups in total. The molecule has 0 spiro atoms. The standard InChI is InChI=1S/C19H14FN3O4/c20-15-9-3-1-7-14(15)12-22-18(24)16(21-19(22)25)10-5-8-13-6-2-4-11-17(13)23(26)27/h1-11H,12H2,(H,21,25)/b8-5+,16-10+. The molecule has 3 rings (SSSR count). The molecule has 0 saturated carbocycles. The van der Waals surface area contributed by atoms with Crippen LogP contribution < -0.4 is 5.32 Å². The molecule has 1 heterocycles. The zero-order chi connectivity index (χ0) is 19.4. The van der Waals surface area contributed by atoms with Gasteiger partial charge >= 0.3 is 6.03 Å². The van der Waals surface area contributed by atoms with E-state index in [1.807, 2.05) is 0 Å². The van der Waals surface area contributed by atoms with Crippen LogP contribution in [-0.4, -0.2) is 21.8 Å². The summed E-state index contributed by atoms with van der Waals surface area (Å²) < 4.78 is 13.7. The highest BCUT2D eigenvalue weighted by Gasteiger charge is 2.33. The van der Waals surface area contributed by atoms with Crippen LogP contribution in [0, 0.1) is 15.9 Å². The number of nitrogens with one attached hydrogen (secondary N) is 1. The monoisotopic (exact) mass is 367 g/mol. The number of allylic oxidation sites excluding steroid dienone is 2. The average molecular weight is 367 g/mol. The van der Waals surface area contributed by atoms with E-state index < -0.39 is 22.7 Å². The Hall–Kier alpha value is -3.81. The highest BCUT2D eigenvalue weighted by atomic mass is 19.1. The van der Waals surface area contributed by atoms with Crippen molar-refractivity contribution in [3.8, 4) is 0 Å². The Morgan fingerprint density at radius 1 is 1.11 bits per heavy atom. The number of urea groups is 1. The Morgan fingerprint density at radius 3 is 2.56 bits per heavy atom. The minimum Gasteiger partial charge on any atom is -0.303 e. The second-order valence-electron chi connectivity index (χ2n) is 5.67. The molecule has 0 atom stereocenters.